The molecule has 1 atom stereocenters. The number of hydroxylamine groups is 3. The van der Waals surface area contributed by atoms with Gasteiger partial charge < -0.3 is 9.62 Å². The summed E-state index contributed by atoms with van der Waals surface area (Å²) in [7, 11) is 0. The molecule has 0 spiro atoms. The van der Waals surface area contributed by atoms with Crippen molar-refractivity contribution in [2.24, 2.45) is 0 Å². The summed E-state index contributed by atoms with van der Waals surface area (Å²) in [6.07, 6.45) is 1.05. The van der Waals surface area contributed by atoms with Gasteiger partial charge in [-0.3, -0.25) is 5.21 Å². The van der Waals surface area contributed by atoms with Crippen LogP contribution in [0, 0.1) is 0 Å². The van der Waals surface area contributed by atoms with Gasteiger partial charge in [0.2, 0.25) is 0 Å². The fraction of sp³-hybridized carbons (Fsp3) is 0.500. The van der Waals surface area contributed by atoms with E-state index in [0.29, 0.717) is 11.5 Å². The van der Waals surface area contributed by atoms with Crippen molar-refractivity contribution in [1.82, 2.24) is 5.06 Å². The molecule has 15 heavy (non-hydrogen) atoms. The molecule has 0 saturated carbocycles. The summed E-state index contributed by atoms with van der Waals surface area (Å²) >= 11 is 0. The predicted molar refractivity (Wildman–Crippen MR) is 52.0 cm³/mol. The van der Waals surface area contributed by atoms with Gasteiger partial charge in [0.25, 0.3) is 11.9 Å². The van der Waals surface area contributed by atoms with E-state index in [4.69, 9.17) is 4.42 Å². The minimum Gasteiger partial charge on any atom is -0.458 e. The van der Waals surface area contributed by atoms with Crippen LogP contribution in [-0.2, 0) is 0 Å². The molecule has 0 amide bonds. The lowest BCUT2D eigenvalue weighted by Crippen LogP contribution is -2.45. The SMILES string of the molecule is CC1N(O)C(C)(C)C(c2ccco2)=[N+]1O. The Kier molecular flexibility index (Phi) is 2.09. The zero-order chi connectivity index (χ0) is 11.2. The molecule has 0 aliphatic carbocycles. The Labute approximate surface area is 87.8 Å². The molecular formula is C10H15N2O3+. The maximum Gasteiger partial charge on any atom is 0.293 e. The fourth-order valence-corrected chi connectivity index (χ4v) is 1.97. The first-order valence-electron chi connectivity index (χ1n) is 4.84. The number of nitrogens with zero attached hydrogens (tertiary/aromatic N) is 2. The molecule has 2 heterocycles. The molecule has 1 aliphatic rings. The highest BCUT2D eigenvalue weighted by Gasteiger charge is 2.54. The monoisotopic (exact) mass is 211 g/mol. The van der Waals surface area contributed by atoms with E-state index in [-0.39, 0.29) is 0 Å². The zero-order valence-electron chi connectivity index (χ0n) is 9.01. The molecule has 0 aromatic carbocycles. The van der Waals surface area contributed by atoms with Gasteiger partial charge in [-0.1, -0.05) is 0 Å². The third kappa shape index (κ3) is 1.27. The van der Waals surface area contributed by atoms with Crippen molar-refractivity contribution >= 4 is 5.71 Å². The number of rotatable bonds is 1. The molecule has 1 aromatic heterocycles. The second-order valence-electron chi connectivity index (χ2n) is 4.21. The van der Waals surface area contributed by atoms with Crippen LogP contribution in [0.4, 0.5) is 0 Å². The first-order valence-corrected chi connectivity index (χ1v) is 4.84. The van der Waals surface area contributed by atoms with E-state index in [2.05, 4.69) is 0 Å². The average Bonchev–Trinajstić information content (AvgIpc) is 2.72. The molecule has 1 unspecified atom stereocenters. The lowest BCUT2D eigenvalue weighted by molar-refractivity contribution is -0.807. The van der Waals surface area contributed by atoms with E-state index in [1.807, 2.05) is 13.8 Å². The van der Waals surface area contributed by atoms with Crippen LogP contribution in [0.3, 0.4) is 0 Å². The van der Waals surface area contributed by atoms with Crippen LogP contribution in [0.1, 0.15) is 26.5 Å². The second-order valence-corrected chi connectivity index (χ2v) is 4.21. The van der Waals surface area contributed by atoms with Crippen molar-refractivity contribution in [3.05, 3.63) is 24.2 Å². The first kappa shape index (κ1) is 10.2. The maximum absolute atomic E-state index is 9.87. The van der Waals surface area contributed by atoms with Gasteiger partial charge >= 0.3 is 0 Å². The highest BCUT2D eigenvalue weighted by Crippen LogP contribution is 2.28. The number of furan rings is 1. The lowest BCUT2D eigenvalue weighted by atomic mass is 9.97. The minimum atomic E-state index is -0.675. The van der Waals surface area contributed by atoms with Gasteiger partial charge in [-0.05, 0) is 26.0 Å². The standard InChI is InChI=1S/C10H15N2O3/c1-7-11(13)9(8-5-4-6-15-8)10(2,3)12(7)14/h4-7,13-14H,1-3H3/q+1. The van der Waals surface area contributed by atoms with Gasteiger partial charge in [0.15, 0.2) is 5.76 Å². The van der Waals surface area contributed by atoms with E-state index < -0.39 is 11.7 Å². The fourth-order valence-electron chi connectivity index (χ4n) is 1.97. The maximum atomic E-state index is 9.87. The van der Waals surface area contributed by atoms with Crippen molar-refractivity contribution < 1.29 is 19.6 Å². The van der Waals surface area contributed by atoms with Crippen LogP contribution in [0.15, 0.2) is 22.8 Å². The normalized spacial score (nSPS) is 26.3. The van der Waals surface area contributed by atoms with Crippen molar-refractivity contribution in [2.75, 3.05) is 0 Å². The third-order valence-electron chi connectivity index (χ3n) is 2.84. The molecule has 1 aromatic rings. The van der Waals surface area contributed by atoms with E-state index in [9.17, 15) is 10.4 Å². The van der Waals surface area contributed by atoms with Gasteiger partial charge in [-0.2, -0.15) is 0 Å². The third-order valence-corrected chi connectivity index (χ3v) is 2.84. The van der Waals surface area contributed by atoms with E-state index in [0.717, 1.165) is 9.80 Å². The first-order chi connectivity index (χ1) is 6.96. The van der Waals surface area contributed by atoms with Gasteiger partial charge in [-0.15, -0.1) is 5.06 Å². The van der Waals surface area contributed by atoms with Crippen LogP contribution < -0.4 is 0 Å². The molecule has 1 aliphatic heterocycles. The molecule has 0 saturated heterocycles. The van der Waals surface area contributed by atoms with Gasteiger partial charge in [0.1, 0.15) is 5.54 Å². The summed E-state index contributed by atoms with van der Waals surface area (Å²) in [5.41, 5.74) is -0.117. The molecule has 2 rings (SSSR count). The Morgan fingerprint density at radius 1 is 1.53 bits per heavy atom. The average molecular weight is 211 g/mol. The summed E-state index contributed by atoms with van der Waals surface area (Å²) in [5.74, 6) is 0.561. The Morgan fingerprint density at radius 2 is 2.20 bits per heavy atom. The van der Waals surface area contributed by atoms with Crippen LogP contribution in [0.5, 0.6) is 0 Å². The largest absolute Gasteiger partial charge is 0.458 e. The molecule has 0 fully saturated rings. The molecule has 82 valence electrons. The zero-order valence-corrected chi connectivity index (χ0v) is 9.01. The van der Waals surface area contributed by atoms with E-state index in [1.54, 1.807) is 19.1 Å². The lowest BCUT2D eigenvalue weighted by Gasteiger charge is -2.22. The molecule has 5 heteroatoms. The smallest absolute Gasteiger partial charge is 0.293 e. The Morgan fingerprint density at radius 3 is 2.60 bits per heavy atom. The Bertz CT molecular complexity index is 395. The van der Waals surface area contributed by atoms with E-state index in [1.165, 1.54) is 6.26 Å². The van der Waals surface area contributed by atoms with Crippen LogP contribution in [-0.4, -0.2) is 37.6 Å². The van der Waals surface area contributed by atoms with Crippen molar-refractivity contribution in [3.63, 3.8) is 0 Å². The number of hydrogen-bond donors (Lipinski definition) is 2. The summed E-state index contributed by atoms with van der Waals surface area (Å²) in [5, 5.41) is 20.8. The second kappa shape index (κ2) is 3.08. The predicted octanol–water partition coefficient (Wildman–Crippen LogP) is 1.30. The number of hydrogen-bond acceptors (Lipinski definition) is 4. The highest BCUT2D eigenvalue weighted by atomic mass is 16.5. The van der Waals surface area contributed by atoms with Gasteiger partial charge in [0, 0.05) is 11.7 Å². The van der Waals surface area contributed by atoms with Gasteiger partial charge in [0.05, 0.1) is 6.26 Å². The molecule has 2 N–H and O–H groups in total. The summed E-state index contributed by atoms with van der Waals surface area (Å²) in [6.45, 7) is 5.34. The quantitative estimate of drug-likeness (QED) is 0.543. The Hall–Kier alpha value is -1.33. The Balaban J connectivity index is 2.54. The van der Waals surface area contributed by atoms with Crippen LogP contribution >= 0.6 is 0 Å². The van der Waals surface area contributed by atoms with Crippen molar-refractivity contribution in [1.29, 1.82) is 0 Å². The van der Waals surface area contributed by atoms with Crippen LogP contribution in [0.2, 0.25) is 0 Å². The molecule has 0 bridgehead atoms. The van der Waals surface area contributed by atoms with E-state index >= 15 is 0 Å². The summed E-state index contributed by atoms with van der Waals surface area (Å²) < 4.78 is 6.27. The molecular weight excluding hydrogens is 196 g/mol. The minimum absolute atomic E-state index is 0.486. The topological polar surface area (TPSA) is 59.8 Å². The van der Waals surface area contributed by atoms with Crippen molar-refractivity contribution in [2.45, 2.75) is 32.5 Å². The summed E-state index contributed by atoms with van der Waals surface area (Å²) in [6, 6.07) is 3.50. The molecule has 0 radical (unpaired) electrons. The summed E-state index contributed by atoms with van der Waals surface area (Å²) in [4.78, 5) is 0. The van der Waals surface area contributed by atoms with Crippen molar-refractivity contribution in [3.8, 4) is 0 Å². The van der Waals surface area contributed by atoms with Crippen LogP contribution in [0.25, 0.3) is 0 Å². The van der Waals surface area contributed by atoms with Gasteiger partial charge in [-0.25, -0.2) is 0 Å². The molecule has 5 nitrogen and oxygen atoms in total. The highest BCUT2D eigenvalue weighted by molar-refractivity contribution is 6.01.